The molecule has 1 rings (SSSR count). The standard InChI is InChI=1S/C15H23O/c1-10-8-13(16)12(15(5,6)7)9-11(10)14(2,3)4/h8-9H,1-7H3. The van der Waals surface area contributed by atoms with Crippen LogP contribution in [-0.2, 0) is 15.9 Å². The van der Waals surface area contributed by atoms with Gasteiger partial charge in [-0.05, 0) is 34.9 Å². The van der Waals surface area contributed by atoms with Gasteiger partial charge in [0.25, 0.3) is 0 Å². The second kappa shape index (κ2) is 3.80. The summed E-state index contributed by atoms with van der Waals surface area (Å²) >= 11 is 0. The summed E-state index contributed by atoms with van der Waals surface area (Å²) in [4.78, 5) is 0. The molecular formula is C15H23O. The van der Waals surface area contributed by atoms with Crippen LogP contribution in [0.15, 0.2) is 12.1 Å². The van der Waals surface area contributed by atoms with Crippen LogP contribution in [0.2, 0.25) is 0 Å². The summed E-state index contributed by atoms with van der Waals surface area (Å²) < 4.78 is 0. The molecule has 0 aromatic heterocycles. The average Bonchev–Trinajstić information content (AvgIpc) is 1.97. The van der Waals surface area contributed by atoms with Gasteiger partial charge in [0.05, 0.1) is 0 Å². The Bertz CT molecular complexity index is 354. The summed E-state index contributed by atoms with van der Waals surface area (Å²) in [5.74, 6) is 0.165. The van der Waals surface area contributed by atoms with Crippen molar-refractivity contribution in [1.29, 1.82) is 0 Å². The van der Waals surface area contributed by atoms with Crippen LogP contribution in [0.25, 0.3) is 0 Å². The molecule has 0 saturated heterocycles. The molecule has 1 radical (unpaired) electrons. The molecule has 1 aromatic rings. The van der Waals surface area contributed by atoms with Gasteiger partial charge in [0.15, 0.2) is 5.75 Å². The molecular weight excluding hydrogens is 196 g/mol. The number of hydrogen-bond donors (Lipinski definition) is 0. The largest absolute Gasteiger partial charge is 0.290 e. The van der Waals surface area contributed by atoms with E-state index in [0.717, 1.165) is 11.1 Å². The third-order valence-electron chi connectivity index (χ3n) is 2.94. The summed E-state index contributed by atoms with van der Waals surface area (Å²) in [6.07, 6.45) is 0. The van der Waals surface area contributed by atoms with E-state index in [0.29, 0.717) is 0 Å². The summed E-state index contributed by atoms with van der Waals surface area (Å²) in [5, 5.41) is 12.0. The van der Waals surface area contributed by atoms with Crippen molar-refractivity contribution in [2.45, 2.75) is 59.3 Å². The van der Waals surface area contributed by atoms with Crippen LogP contribution < -0.4 is 0 Å². The molecule has 1 nitrogen and oxygen atoms in total. The molecule has 16 heavy (non-hydrogen) atoms. The quantitative estimate of drug-likeness (QED) is 0.601. The minimum atomic E-state index is -0.0786. The van der Waals surface area contributed by atoms with Crippen molar-refractivity contribution in [3.63, 3.8) is 0 Å². The highest BCUT2D eigenvalue weighted by molar-refractivity contribution is 5.46. The molecule has 0 N–H and O–H groups in total. The van der Waals surface area contributed by atoms with Gasteiger partial charge in [-0.15, -0.1) is 0 Å². The fourth-order valence-electron chi connectivity index (χ4n) is 2.08. The molecule has 0 aliphatic heterocycles. The zero-order valence-corrected chi connectivity index (χ0v) is 11.6. The Morgan fingerprint density at radius 1 is 0.812 bits per heavy atom. The molecule has 1 aromatic carbocycles. The van der Waals surface area contributed by atoms with Crippen LogP contribution in [0, 0.1) is 6.92 Å². The Kier molecular flexibility index (Phi) is 3.11. The van der Waals surface area contributed by atoms with Crippen molar-refractivity contribution in [2.24, 2.45) is 0 Å². The van der Waals surface area contributed by atoms with Gasteiger partial charge < -0.3 is 0 Å². The summed E-state index contributed by atoms with van der Waals surface area (Å²) in [5.41, 5.74) is 3.31. The zero-order valence-electron chi connectivity index (χ0n) is 11.6. The van der Waals surface area contributed by atoms with Gasteiger partial charge in [-0.2, -0.15) is 0 Å². The Labute approximate surface area is 99.5 Å². The number of aryl methyl sites for hydroxylation is 1. The van der Waals surface area contributed by atoms with Gasteiger partial charge in [0, 0.05) is 5.56 Å². The highest BCUT2D eigenvalue weighted by Gasteiger charge is 2.24. The molecule has 0 fully saturated rings. The monoisotopic (exact) mass is 219 g/mol. The van der Waals surface area contributed by atoms with Crippen molar-refractivity contribution >= 4 is 0 Å². The van der Waals surface area contributed by atoms with Gasteiger partial charge in [0.1, 0.15) is 0 Å². The Morgan fingerprint density at radius 3 is 1.62 bits per heavy atom. The van der Waals surface area contributed by atoms with E-state index in [9.17, 15) is 5.11 Å². The van der Waals surface area contributed by atoms with Gasteiger partial charge >= 0.3 is 0 Å². The van der Waals surface area contributed by atoms with Crippen LogP contribution in [0.5, 0.6) is 5.75 Å². The van der Waals surface area contributed by atoms with Gasteiger partial charge in [-0.3, -0.25) is 5.11 Å². The van der Waals surface area contributed by atoms with Crippen LogP contribution in [0.1, 0.15) is 58.2 Å². The number of rotatable bonds is 0. The first kappa shape index (κ1) is 13.1. The highest BCUT2D eigenvalue weighted by Crippen LogP contribution is 2.37. The lowest BCUT2D eigenvalue weighted by Gasteiger charge is -2.26. The summed E-state index contributed by atoms with van der Waals surface area (Å²) in [7, 11) is 0. The molecule has 0 saturated carbocycles. The molecule has 0 bridgehead atoms. The molecule has 1 heteroatoms. The molecule has 0 aliphatic rings. The number of benzene rings is 1. The van der Waals surface area contributed by atoms with E-state index in [2.05, 4.69) is 47.6 Å². The van der Waals surface area contributed by atoms with E-state index < -0.39 is 0 Å². The fourth-order valence-corrected chi connectivity index (χ4v) is 2.08. The van der Waals surface area contributed by atoms with Crippen molar-refractivity contribution in [1.82, 2.24) is 0 Å². The van der Waals surface area contributed by atoms with E-state index in [1.54, 1.807) is 6.07 Å². The van der Waals surface area contributed by atoms with E-state index in [-0.39, 0.29) is 16.6 Å². The van der Waals surface area contributed by atoms with Crippen LogP contribution in [-0.4, -0.2) is 0 Å². The molecule has 0 atom stereocenters. The van der Waals surface area contributed by atoms with Crippen LogP contribution in [0.4, 0.5) is 0 Å². The normalized spacial score (nSPS) is 12.9. The smallest absolute Gasteiger partial charge is 0.182 e. The maximum absolute atomic E-state index is 12.0. The third kappa shape index (κ3) is 2.58. The Hall–Kier alpha value is -0.980. The second-order valence-corrected chi connectivity index (χ2v) is 6.66. The van der Waals surface area contributed by atoms with Crippen molar-refractivity contribution in [2.75, 3.05) is 0 Å². The summed E-state index contributed by atoms with van der Waals surface area (Å²) in [6.45, 7) is 14.8. The predicted octanol–water partition coefficient (Wildman–Crippen LogP) is 4.73. The Balaban J connectivity index is 3.45. The first-order chi connectivity index (χ1) is 7.03. The maximum atomic E-state index is 12.0. The second-order valence-electron chi connectivity index (χ2n) is 6.66. The van der Waals surface area contributed by atoms with E-state index in [1.165, 1.54) is 5.56 Å². The topological polar surface area (TPSA) is 19.9 Å². The lowest BCUT2D eigenvalue weighted by molar-refractivity contribution is 0.340. The fraction of sp³-hybridized carbons (Fsp3) is 0.600. The van der Waals surface area contributed by atoms with E-state index in [4.69, 9.17) is 0 Å². The lowest BCUT2D eigenvalue weighted by Crippen LogP contribution is -2.17. The van der Waals surface area contributed by atoms with Crippen molar-refractivity contribution < 1.29 is 5.11 Å². The third-order valence-corrected chi connectivity index (χ3v) is 2.94. The predicted molar refractivity (Wildman–Crippen MR) is 68.7 cm³/mol. The molecule has 0 aliphatic carbocycles. The first-order valence-corrected chi connectivity index (χ1v) is 5.86. The molecule has 0 heterocycles. The zero-order chi connectivity index (χ0) is 12.7. The van der Waals surface area contributed by atoms with Crippen molar-refractivity contribution in [3.8, 4) is 5.75 Å². The maximum Gasteiger partial charge on any atom is 0.182 e. The molecule has 89 valence electrons. The minimum Gasteiger partial charge on any atom is -0.290 e. The lowest BCUT2D eigenvalue weighted by atomic mass is 9.78. The van der Waals surface area contributed by atoms with Crippen molar-refractivity contribution in [3.05, 3.63) is 28.8 Å². The van der Waals surface area contributed by atoms with Gasteiger partial charge in [-0.25, -0.2) is 0 Å². The summed E-state index contributed by atoms with van der Waals surface area (Å²) in [6, 6.07) is 3.87. The minimum absolute atomic E-state index is 0.0786. The average molecular weight is 219 g/mol. The molecule has 0 unspecified atom stereocenters. The first-order valence-electron chi connectivity index (χ1n) is 5.86. The van der Waals surface area contributed by atoms with Crippen LogP contribution in [0.3, 0.4) is 0 Å². The van der Waals surface area contributed by atoms with Crippen LogP contribution >= 0.6 is 0 Å². The Morgan fingerprint density at radius 2 is 1.25 bits per heavy atom. The SMILES string of the molecule is Cc1cc([O])c(C(C)(C)C)cc1C(C)(C)C. The molecule has 0 spiro atoms. The van der Waals surface area contributed by atoms with E-state index >= 15 is 0 Å². The molecule has 0 amide bonds. The van der Waals surface area contributed by atoms with Gasteiger partial charge in [-0.1, -0.05) is 47.6 Å². The van der Waals surface area contributed by atoms with Gasteiger partial charge in [0.2, 0.25) is 0 Å². The van der Waals surface area contributed by atoms with E-state index in [1.807, 2.05) is 6.92 Å². The number of hydrogen-bond acceptors (Lipinski definition) is 0. The highest BCUT2D eigenvalue weighted by atomic mass is 16.3.